The van der Waals surface area contributed by atoms with Crippen LogP contribution in [0.3, 0.4) is 0 Å². The lowest BCUT2D eigenvalue weighted by atomic mass is 9.70. The van der Waals surface area contributed by atoms with Gasteiger partial charge >= 0.3 is 0 Å². The van der Waals surface area contributed by atoms with Crippen LogP contribution in [0.15, 0.2) is 0 Å². The summed E-state index contributed by atoms with van der Waals surface area (Å²) < 4.78 is 0. The van der Waals surface area contributed by atoms with Gasteiger partial charge in [-0.15, -0.1) is 0 Å². The van der Waals surface area contributed by atoms with Gasteiger partial charge in [0.1, 0.15) is 0 Å². The molecule has 0 radical (unpaired) electrons. The fourth-order valence-corrected chi connectivity index (χ4v) is 8.49. The van der Waals surface area contributed by atoms with Crippen molar-refractivity contribution in [2.75, 3.05) is 0 Å². The van der Waals surface area contributed by atoms with Crippen molar-refractivity contribution in [3.8, 4) is 0 Å². The second kappa shape index (κ2) is 30.5. The molecule has 1 saturated heterocycles. The number of nitrogens with one attached hydrogen (secondary N) is 1. The Morgan fingerprint density at radius 1 is 0.370 bits per heavy atom. The lowest BCUT2D eigenvalue weighted by Crippen LogP contribution is -2.41. The molecular weight excluding hydrogens is 558 g/mol. The maximum atomic E-state index is 14.1. The van der Waals surface area contributed by atoms with Gasteiger partial charge in [0.2, 0.25) is 5.91 Å². The Labute approximate surface area is 291 Å². The molecule has 0 spiro atoms. The molecule has 2 nitrogen and oxygen atoms in total. The maximum absolute atomic E-state index is 14.1. The molecule has 2 heteroatoms. The van der Waals surface area contributed by atoms with Crippen molar-refractivity contribution in [1.82, 2.24) is 5.32 Å². The second-order valence-corrected chi connectivity index (χ2v) is 16.1. The van der Waals surface area contributed by atoms with Crippen LogP contribution in [0.5, 0.6) is 0 Å². The number of hydrogen-bond acceptors (Lipinski definition) is 1. The Hall–Kier alpha value is -0.530. The van der Waals surface area contributed by atoms with Crippen molar-refractivity contribution in [3.05, 3.63) is 0 Å². The zero-order valence-electron chi connectivity index (χ0n) is 32.6. The van der Waals surface area contributed by atoms with Gasteiger partial charge in [-0.05, 0) is 32.1 Å². The monoisotopic (exact) mass is 646 g/mol. The van der Waals surface area contributed by atoms with Gasteiger partial charge in [0.15, 0.2) is 0 Å². The third-order valence-corrected chi connectivity index (χ3v) is 11.6. The standard InChI is InChI=1S/C44H87NO/c1-5-9-13-17-21-25-29-33-37-43(38-34-30-26-22-18-14-10-6-2)41-44(45-42(43)46,39-35-31-27-23-19-15-11-7-3)40-36-32-28-24-20-16-12-8-4/h5-41H2,1-4H3,(H,45,46). The number of hydrogen-bond donors (Lipinski definition) is 1. The van der Waals surface area contributed by atoms with E-state index in [1.165, 1.54) is 218 Å². The molecule has 46 heavy (non-hydrogen) atoms. The van der Waals surface area contributed by atoms with E-state index in [9.17, 15) is 4.79 Å². The van der Waals surface area contributed by atoms with Crippen LogP contribution in [0.25, 0.3) is 0 Å². The Morgan fingerprint density at radius 2 is 0.609 bits per heavy atom. The molecule has 1 aliphatic heterocycles. The van der Waals surface area contributed by atoms with Crippen LogP contribution in [0.4, 0.5) is 0 Å². The summed E-state index contributed by atoms with van der Waals surface area (Å²) in [6.45, 7) is 9.24. The first kappa shape index (κ1) is 43.5. The van der Waals surface area contributed by atoms with Crippen molar-refractivity contribution in [2.24, 2.45) is 5.41 Å². The van der Waals surface area contributed by atoms with Crippen molar-refractivity contribution in [2.45, 2.75) is 271 Å². The molecule has 274 valence electrons. The minimum absolute atomic E-state index is 0.0712. The summed E-state index contributed by atoms with van der Waals surface area (Å²) in [5, 5.41) is 3.81. The highest BCUT2D eigenvalue weighted by atomic mass is 16.2. The van der Waals surface area contributed by atoms with Crippen molar-refractivity contribution < 1.29 is 4.79 Å². The summed E-state index contributed by atoms with van der Waals surface area (Å²) in [4.78, 5) is 14.1. The smallest absolute Gasteiger partial charge is 0.226 e. The van der Waals surface area contributed by atoms with Gasteiger partial charge in [0.05, 0.1) is 5.41 Å². The molecule has 1 N–H and O–H groups in total. The summed E-state index contributed by atoms with van der Waals surface area (Å²) in [6, 6.07) is 0. The minimum Gasteiger partial charge on any atom is -0.350 e. The quantitative estimate of drug-likeness (QED) is 0.0675. The molecule has 0 atom stereocenters. The summed E-state index contributed by atoms with van der Waals surface area (Å²) in [7, 11) is 0. The van der Waals surface area contributed by atoms with Crippen LogP contribution in [0, 0.1) is 5.41 Å². The first-order valence-electron chi connectivity index (χ1n) is 21.9. The molecule has 0 saturated carbocycles. The number of carbonyl (C=O) groups excluding carboxylic acids is 1. The van der Waals surface area contributed by atoms with Gasteiger partial charge < -0.3 is 5.32 Å². The number of rotatable bonds is 36. The van der Waals surface area contributed by atoms with Gasteiger partial charge in [-0.25, -0.2) is 0 Å². The van der Waals surface area contributed by atoms with E-state index in [2.05, 4.69) is 33.0 Å². The van der Waals surface area contributed by atoms with Crippen molar-refractivity contribution >= 4 is 5.91 Å². The zero-order valence-corrected chi connectivity index (χ0v) is 32.6. The van der Waals surface area contributed by atoms with Gasteiger partial charge in [0, 0.05) is 5.54 Å². The summed E-state index contributed by atoms with van der Waals surface area (Å²) in [5.74, 6) is 0.456. The maximum Gasteiger partial charge on any atom is 0.226 e. The SMILES string of the molecule is CCCCCCCCCCC1(CCCCCCCCCC)CC(CCCCCCCCCC)(CCCCCCCCCC)C(=O)N1. The first-order valence-corrected chi connectivity index (χ1v) is 21.9. The first-order chi connectivity index (χ1) is 22.6. The Kier molecular flexibility index (Phi) is 28.9. The van der Waals surface area contributed by atoms with E-state index in [0.29, 0.717) is 5.91 Å². The third-order valence-electron chi connectivity index (χ3n) is 11.6. The van der Waals surface area contributed by atoms with E-state index < -0.39 is 0 Å². The lowest BCUT2D eigenvalue weighted by Gasteiger charge is -2.32. The molecule has 1 amide bonds. The fourth-order valence-electron chi connectivity index (χ4n) is 8.49. The Morgan fingerprint density at radius 3 is 0.891 bits per heavy atom. The van der Waals surface area contributed by atoms with Crippen LogP contribution >= 0.6 is 0 Å². The molecule has 0 aromatic rings. The lowest BCUT2D eigenvalue weighted by molar-refractivity contribution is -0.128. The molecule has 1 rings (SSSR count). The normalized spacial score (nSPS) is 15.5. The van der Waals surface area contributed by atoms with E-state index in [4.69, 9.17) is 0 Å². The molecule has 0 aromatic heterocycles. The molecule has 0 unspecified atom stereocenters. The van der Waals surface area contributed by atoms with Crippen LogP contribution in [0.2, 0.25) is 0 Å². The predicted octanol–water partition coefficient (Wildman–Crippen LogP) is 15.4. The average molecular weight is 646 g/mol. The molecule has 0 aromatic carbocycles. The molecule has 1 fully saturated rings. The fraction of sp³-hybridized carbons (Fsp3) is 0.977. The van der Waals surface area contributed by atoms with Crippen LogP contribution in [-0.4, -0.2) is 11.4 Å². The van der Waals surface area contributed by atoms with E-state index in [1.54, 1.807) is 0 Å². The van der Waals surface area contributed by atoms with Gasteiger partial charge in [-0.3, -0.25) is 4.79 Å². The van der Waals surface area contributed by atoms with E-state index in [-0.39, 0.29) is 11.0 Å². The summed E-state index contributed by atoms with van der Waals surface area (Å²) in [5.41, 5.74) is -0.0213. The molecule has 1 aliphatic rings. The molecular formula is C44H87NO. The number of carbonyl (C=O) groups is 1. The van der Waals surface area contributed by atoms with E-state index in [0.717, 1.165) is 19.3 Å². The highest BCUT2D eigenvalue weighted by Gasteiger charge is 2.52. The van der Waals surface area contributed by atoms with Gasteiger partial charge in [-0.2, -0.15) is 0 Å². The number of unbranched alkanes of at least 4 members (excludes halogenated alkanes) is 28. The Bertz CT molecular complexity index is 616. The molecule has 0 aliphatic carbocycles. The van der Waals surface area contributed by atoms with Crippen molar-refractivity contribution in [1.29, 1.82) is 0 Å². The Balaban J connectivity index is 2.78. The third kappa shape index (κ3) is 21.4. The van der Waals surface area contributed by atoms with Crippen LogP contribution < -0.4 is 5.32 Å². The second-order valence-electron chi connectivity index (χ2n) is 16.1. The van der Waals surface area contributed by atoms with Crippen molar-refractivity contribution in [3.63, 3.8) is 0 Å². The predicted molar refractivity (Wildman–Crippen MR) is 207 cm³/mol. The molecule has 1 heterocycles. The summed E-state index contributed by atoms with van der Waals surface area (Å²) >= 11 is 0. The van der Waals surface area contributed by atoms with Gasteiger partial charge in [-0.1, -0.05) is 233 Å². The average Bonchev–Trinajstić information content (AvgIpc) is 3.33. The van der Waals surface area contributed by atoms with Crippen LogP contribution in [-0.2, 0) is 4.79 Å². The zero-order chi connectivity index (χ0) is 33.4. The number of amides is 1. The topological polar surface area (TPSA) is 29.1 Å². The van der Waals surface area contributed by atoms with E-state index >= 15 is 0 Å². The van der Waals surface area contributed by atoms with E-state index in [1.807, 2.05) is 0 Å². The highest BCUT2D eigenvalue weighted by Crippen LogP contribution is 2.48. The van der Waals surface area contributed by atoms with Crippen LogP contribution in [0.1, 0.15) is 265 Å². The minimum atomic E-state index is -0.0925. The largest absolute Gasteiger partial charge is 0.350 e. The van der Waals surface area contributed by atoms with Gasteiger partial charge in [0.25, 0.3) is 0 Å². The highest BCUT2D eigenvalue weighted by molar-refractivity contribution is 5.86. The molecule has 0 bridgehead atoms. The summed E-state index contributed by atoms with van der Waals surface area (Å²) in [6.07, 6.45) is 49.5.